The third kappa shape index (κ3) is 7.59. The molecule has 4 aliphatic heterocycles. The van der Waals surface area contributed by atoms with Gasteiger partial charge >= 0.3 is 6.03 Å². The van der Waals surface area contributed by atoms with E-state index in [0.717, 1.165) is 98.6 Å². The van der Waals surface area contributed by atoms with Gasteiger partial charge in [-0.05, 0) is 81.3 Å². The molecule has 6 rings (SSSR count). The van der Waals surface area contributed by atoms with Crippen molar-refractivity contribution >= 4 is 23.5 Å². The number of hydrogen-bond acceptors (Lipinski definition) is 6. The predicted octanol–water partition coefficient (Wildman–Crippen LogP) is 4.14. The van der Waals surface area contributed by atoms with Crippen molar-refractivity contribution in [2.45, 2.75) is 71.0 Å². The Kier molecular flexibility index (Phi) is 10.4. The molecule has 4 aliphatic rings. The lowest BCUT2D eigenvalue weighted by Crippen LogP contribution is -2.54. The minimum Gasteiger partial charge on any atom is -0.496 e. The van der Waals surface area contributed by atoms with Gasteiger partial charge in [-0.2, -0.15) is 0 Å². The maximum atomic E-state index is 14.2. The third-order valence-electron chi connectivity index (χ3n) is 10.9. The van der Waals surface area contributed by atoms with Crippen LogP contribution in [0.1, 0.15) is 54.4 Å². The molecule has 3 fully saturated rings. The summed E-state index contributed by atoms with van der Waals surface area (Å²) in [6, 6.07) is 12.7. The Balaban J connectivity index is 1.10. The fraction of sp³-hybridized carbons (Fsp3) is 0.595. The molecule has 254 valence electrons. The number of likely N-dealkylation sites (tertiary alicyclic amines) is 2. The number of aryl methyl sites for hydroxylation is 2. The largest absolute Gasteiger partial charge is 0.496 e. The molecule has 2 aromatic rings. The maximum Gasteiger partial charge on any atom is 0.322 e. The van der Waals surface area contributed by atoms with Crippen LogP contribution < -0.4 is 10.1 Å². The number of hydrogen-bond donors (Lipinski definition) is 1. The first-order valence-electron chi connectivity index (χ1n) is 17.5. The smallest absolute Gasteiger partial charge is 0.322 e. The van der Waals surface area contributed by atoms with Crippen molar-refractivity contribution in [1.29, 1.82) is 0 Å². The standard InChI is InChI=1S/C37H52N6O4/c1-26-21-28(22-27(2)35(26)47-4)23-30(36(45)42-15-9-31(10-16-42)40-19-17-39(3)18-20-40)24-34(44)41-13-11-32(12-14-41)43-25-29-7-5-6-8-33(29)38-37(43)46/h5-8,21-22,30-32H,9-20,23-25H2,1-4H3,(H,38,46)/t30-/m1/s1. The molecule has 0 aromatic heterocycles. The Bertz CT molecular complexity index is 1420. The highest BCUT2D eigenvalue weighted by Crippen LogP contribution is 2.30. The van der Waals surface area contributed by atoms with Crippen LogP contribution in [-0.2, 0) is 22.6 Å². The van der Waals surface area contributed by atoms with Gasteiger partial charge in [-0.3, -0.25) is 14.5 Å². The van der Waals surface area contributed by atoms with Crippen LogP contribution >= 0.6 is 0 Å². The van der Waals surface area contributed by atoms with E-state index in [1.165, 1.54) is 0 Å². The van der Waals surface area contributed by atoms with Gasteiger partial charge in [0, 0.05) is 83.1 Å². The number of piperazine rings is 1. The molecule has 10 heteroatoms. The Morgan fingerprint density at radius 2 is 1.49 bits per heavy atom. The topological polar surface area (TPSA) is 88.7 Å². The van der Waals surface area contributed by atoms with Crippen molar-refractivity contribution in [2.75, 3.05) is 71.8 Å². The van der Waals surface area contributed by atoms with Crippen LogP contribution in [0.2, 0.25) is 0 Å². The summed E-state index contributed by atoms with van der Waals surface area (Å²) in [6.07, 6.45) is 4.16. The summed E-state index contributed by atoms with van der Waals surface area (Å²) in [4.78, 5) is 51.8. The summed E-state index contributed by atoms with van der Waals surface area (Å²) in [5.41, 5.74) is 5.14. The van der Waals surface area contributed by atoms with Crippen molar-refractivity contribution in [3.63, 3.8) is 0 Å². The highest BCUT2D eigenvalue weighted by Gasteiger charge is 2.36. The highest BCUT2D eigenvalue weighted by molar-refractivity contribution is 5.92. The van der Waals surface area contributed by atoms with Crippen LogP contribution in [0.5, 0.6) is 5.75 Å². The molecule has 3 saturated heterocycles. The molecular formula is C37H52N6O4. The van der Waals surface area contributed by atoms with Gasteiger partial charge in [-0.1, -0.05) is 30.3 Å². The van der Waals surface area contributed by atoms with Gasteiger partial charge in [0.05, 0.1) is 13.0 Å². The van der Waals surface area contributed by atoms with E-state index in [2.05, 4.69) is 40.4 Å². The van der Waals surface area contributed by atoms with Gasteiger partial charge in [0.25, 0.3) is 0 Å². The van der Waals surface area contributed by atoms with Gasteiger partial charge in [-0.15, -0.1) is 0 Å². The lowest BCUT2D eigenvalue weighted by atomic mass is 9.90. The number of rotatable bonds is 8. The molecule has 0 radical (unpaired) electrons. The van der Waals surface area contributed by atoms with E-state index in [-0.39, 0.29) is 30.3 Å². The predicted molar refractivity (Wildman–Crippen MR) is 184 cm³/mol. The van der Waals surface area contributed by atoms with Crippen molar-refractivity contribution in [3.8, 4) is 5.75 Å². The van der Waals surface area contributed by atoms with E-state index in [1.807, 2.05) is 46.7 Å². The third-order valence-corrected chi connectivity index (χ3v) is 10.9. The number of piperidine rings is 2. The van der Waals surface area contributed by atoms with Crippen molar-refractivity contribution < 1.29 is 19.1 Å². The molecule has 2 aromatic carbocycles. The van der Waals surface area contributed by atoms with Gasteiger partial charge in [0.15, 0.2) is 0 Å². The first-order chi connectivity index (χ1) is 22.7. The number of carbonyl (C=O) groups is 3. The molecule has 0 aliphatic carbocycles. The van der Waals surface area contributed by atoms with Crippen LogP contribution in [0.25, 0.3) is 0 Å². The normalized spacial score (nSPS) is 20.9. The fourth-order valence-corrected chi connectivity index (χ4v) is 8.19. The minimum atomic E-state index is -0.419. The molecular weight excluding hydrogens is 592 g/mol. The minimum absolute atomic E-state index is 0.0320. The van der Waals surface area contributed by atoms with E-state index >= 15 is 0 Å². The lowest BCUT2D eigenvalue weighted by molar-refractivity contribution is -0.143. The SMILES string of the molecule is COc1c(C)cc(C[C@H](CC(=O)N2CCC(N3Cc4ccccc4NC3=O)CC2)C(=O)N2CCC(N3CCN(C)CC3)CC2)cc1C. The molecule has 10 nitrogen and oxygen atoms in total. The molecule has 4 amide bonds. The number of nitrogens with one attached hydrogen (secondary N) is 1. The zero-order valence-electron chi connectivity index (χ0n) is 28.7. The van der Waals surface area contributed by atoms with E-state index < -0.39 is 5.92 Å². The number of anilines is 1. The lowest BCUT2D eigenvalue weighted by Gasteiger charge is -2.43. The molecule has 0 spiro atoms. The Morgan fingerprint density at radius 1 is 0.872 bits per heavy atom. The zero-order valence-corrected chi connectivity index (χ0v) is 28.7. The van der Waals surface area contributed by atoms with Crippen molar-refractivity contribution in [3.05, 3.63) is 58.7 Å². The first kappa shape index (κ1) is 33.3. The number of ether oxygens (including phenoxy) is 1. The summed E-state index contributed by atoms with van der Waals surface area (Å²) < 4.78 is 5.59. The summed E-state index contributed by atoms with van der Waals surface area (Å²) in [5, 5.41) is 3.02. The van der Waals surface area contributed by atoms with E-state index in [1.54, 1.807) is 7.11 Å². The molecule has 4 heterocycles. The van der Waals surface area contributed by atoms with Crippen LogP contribution in [-0.4, -0.2) is 121 Å². The van der Waals surface area contributed by atoms with E-state index in [4.69, 9.17) is 4.74 Å². The monoisotopic (exact) mass is 644 g/mol. The van der Waals surface area contributed by atoms with Gasteiger partial charge in [-0.25, -0.2) is 4.79 Å². The number of urea groups is 1. The van der Waals surface area contributed by atoms with Crippen molar-refractivity contribution in [1.82, 2.24) is 24.5 Å². The number of amides is 4. The van der Waals surface area contributed by atoms with Gasteiger partial charge in [0.1, 0.15) is 5.75 Å². The number of carbonyl (C=O) groups excluding carboxylic acids is 3. The second-order valence-electron chi connectivity index (χ2n) is 14.1. The summed E-state index contributed by atoms with van der Waals surface area (Å²) in [7, 11) is 3.87. The average molecular weight is 645 g/mol. The zero-order chi connectivity index (χ0) is 33.1. The second kappa shape index (κ2) is 14.6. The number of para-hydroxylation sites is 1. The van der Waals surface area contributed by atoms with Crippen LogP contribution in [0.3, 0.4) is 0 Å². The highest BCUT2D eigenvalue weighted by atomic mass is 16.5. The fourth-order valence-electron chi connectivity index (χ4n) is 8.19. The summed E-state index contributed by atoms with van der Waals surface area (Å²) >= 11 is 0. The van der Waals surface area contributed by atoms with Crippen LogP contribution in [0.4, 0.5) is 10.5 Å². The Hall–Kier alpha value is -3.63. The molecule has 0 bridgehead atoms. The van der Waals surface area contributed by atoms with Gasteiger partial charge < -0.3 is 29.7 Å². The molecule has 1 N–H and O–H groups in total. The molecule has 1 atom stereocenters. The van der Waals surface area contributed by atoms with Crippen LogP contribution in [0.15, 0.2) is 36.4 Å². The summed E-state index contributed by atoms with van der Waals surface area (Å²) in [5.74, 6) is 0.578. The van der Waals surface area contributed by atoms with Crippen LogP contribution in [0, 0.1) is 19.8 Å². The molecule has 47 heavy (non-hydrogen) atoms. The maximum absolute atomic E-state index is 14.2. The number of methoxy groups -OCH3 is 1. The summed E-state index contributed by atoms with van der Waals surface area (Å²) in [6.45, 7) is 11.7. The Labute approximate surface area is 280 Å². The van der Waals surface area contributed by atoms with Gasteiger partial charge in [0.2, 0.25) is 11.8 Å². The average Bonchev–Trinajstić information content (AvgIpc) is 3.08. The second-order valence-corrected chi connectivity index (χ2v) is 14.1. The Morgan fingerprint density at radius 3 is 2.15 bits per heavy atom. The number of fused-ring (bicyclic) bond motifs is 1. The number of benzene rings is 2. The molecule has 0 saturated carbocycles. The molecule has 0 unspecified atom stereocenters. The van der Waals surface area contributed by atoms with E-state index in [0.29, 0.717) is 32.1 Å². The first-order valence-corrected chi connectivity index (χ1v) is 17.5. The van der Waals surface area contributed by atoms with Crippen molar-refractivity contribution in [2.24, 2.45) is 5.92 Å². The number of nitrogens with zero attached hydrogens (tertiary/aromatic N) is 5. The quantitative estimate of drug-likeness (QED) is 0.465. The van der Waals surface area contributed by atoms with E-state index in [9.17, 15) is 14.4 Å². The number of likely N-dealkylation sites (N-methyl/N-ethyl adjacent to an activating group) is 1.